The Kier molecular flexibility index (Phi) is 6.69. The maximum absolute atomic E-state index is 14.5. The molecule has 1 unspecified atom stereocenters. The number of benzene rings is 1. The van der Waals surface area contributed by atoms with Crippen LogP contribution < -0.4 is 11.2 Å². The lowest BCUT2D eigenvalue weighted by atomic mass is 10.2. The van der Waals surface area contributed by atoms with Gasteiger partial charge in [0.05, 0.1) is 16.5 Å². The van der Waals surface area contributed by atoms with Crippen molar-refractivity contribution in [2.24, 2.45) is 7.05 Å². The van der Waals surface area contributed by atoms with Crippen LogP contribution in [0.2, 0.25) is 0 Å². The van der Waals surface area contributed by atoms with Crippen molar-refractivity contribution in [2.45, 2.75) is 36.1 Å². The van der Waals surface area contributed by atoms with Crippen LogP contribution in [0, 0.1) is 17.1 Å². The summed E-state index contributed by atoms with van der Waals surface area (Å²) < 4.78 is 53.9. The monoisotopic (exact) mass is 429 g/mol. The Morgan fingerprint density at radius 2 is 1.93 bits per heavy atom. The van der Waals surface area contributed by atoms with E-state index in [1.807, 2.05) is 6.92 Å². The summed E-state index contributed by atoms with van der Waals surface area (Å²) in [4.78, 5) is 35.9. The minimum Gasteiger partial charge on any atom is -0.302 e. The highest BCUT2D eigenvalue weighted by Gasteiger charge is 2.35. The summed E-state index contributed by atoms with van der Waals surface area (Å²) in [5.41, 5.74) is -4.98. The fourth-order valence-corrected chi connectivity index (χ4v) is 3.77. The molecular formula is C18H15F4N3O3S. The van der Waals surface area contributed by atoms with Crippen molar-refractivity contribution >= 4 is 18.0 Å². The van der Waals surface area contributed by atoms with E-state index in [0.29, 0.717) is 19.1 Å². The van der Waals surface area contributed by atoms with Crippen LogP contribution in [0.1, 0.15) is 31.0 Å². The van der Waals surface area contributed by atoms with E-state index in [0.717, 1.165) is 30.9 Å². The molecule has 0 N–H and O–H groups in total. The van der Waals surface area contributed by atoms with Gasteiger partial charge in [-0.25, -0.2) is 13.8 Å². The van der Waals surface area contributed by atoms with Gasteiger partial charge in [0.15, 0.2) is 0 Å². The van der Waals surface area contributed by atoms with Crippen molar-refractivity contribution in [3.05, 3.63) is 56.1 Å². The van der Waals surface area contributed by atoms with Crippen LogP contribution in [0.15, 0.2) is 32.7 Å². The molecule has 0 spiro atoms. The van der Waals surface area contributed by atoms with Crippen molar-refractivity contribution in [3.8, 4) is 11.8 Å². The van der Waals surface area contributed by atoms with Crippen molar-refractivity contribution in [1.29, 1.82) is 5.26 Å². The molecule has 0 saturated heterocycles. The number of halogens is 4. The second kappa shape index (κ2) is 8.65. The van der Waals surface area contributed by atoms with Gasteiger partial charge in [-0.05, 0) is 18.6 Å². The summed E-state index contributed by atoms with van der Waals surface area (Å²) in [5.74, 6) is -1.14. The Morgan fingerprint density at radius 3 is 2.45 bits per heavy atom. The Labute approximate surface area is 166 Å². The van der Waals surface area contributed by atoms with E-state index >= 15 is 0 Å². The Bertz CT molecular complexity index is 1100. The summed E-state index contributed by atoms with van der Waals surface area (Å²) in [7, 11) is 0.808. The van der Waals surface area contributed by atoms with Crippen LogP contribution >= 0.6 is 11.8 Å². The van der Waals surface area contributed by atoms with E-state index in [-0.39, 0.29) is 25.7 Å². The molecule has 2 aromatic rings. The van der Waals surface area contributed by atoms with Gasteiger partial charge < -0.3 is 4.79 Å². The molecule has 1 aromatic carbocycles. The van der Waals surface area contributed by atoms with Gasteiger partial charge in [-0.1, -0.05) is 13.3 Å². The van der Waals surface area contributed by atoms with E-state index < -0.39 is 39.9 Å². The first kappa shape index (κ1) is 22.4. The summed E-state index contributed by atoms with van der Waals surface area (Å²) in [5, 5.41) is 8.66. The van der Waals surface area contributed by atoms with E-state index in [2.05, 4.69) is 0 Å². The molecule has 0 aliphatic carbocycles. The predicted molar refractivity (Wildman–Crippen MR) is 97.6 cm³/mol. The van der Waals surface area contributed by atoms with Gasteiger partial charge in [0.1, 0.15) is 23.9 Å². The first-order valence-corrected chi connectivity index (χ1v) is 9.19. The Morgan fingerprint density at radius 1 is 1.28 bits per heavy atom. The number of hydrogen-bond donors (Lipinski definition) is 0. The molecule has 0 radical (unpaired) electrons. The average Bonchev–Trinajstić information content (AvgIpc) is 2.65. The molecule has 1 atom stereocenters. The van der Waals surface area contributed by atoms with E-state index in [9.17, 15) is 37.2 Å². The van der Waals surface area contributed by atoms with Gasteiger partial charge in [0.25, 0.3) is 5.56 Å². The van der Waals surface area contributed by atoms with Crippen LogP contribution in [0.25, 0.3) is 5.69 Å². The number of nitrogens with zero attached hydrogens (tertiary/aromatic N) is 3. The van der Waals surface area contributed by atoms with Crippen LogP contribution in [0.5, 0.6) is 0 Å². The van der Waals surface area contributed by atoms with Gasteiger partial charge in [0.2, 0.25) is 0 Å². The Hall–Kier alpha value is -2.87. The van der Waals surface area contributed by atoms with Gasteiger partial charge in [-0.3, -0.25) is 9.36 Å². The van der Waals surface area contributed by atoms with Gasteiger partial charge in [-0.2, -0.15) is 18.4 Å². The molecule has 2 rings (SSSR count). The number of nitriles is 1. The molecule has 11 heteroatoms. The number of rotatable bonds is 6. The van der Waals surface area contributed by atoms with Gasteiger partial charge >= 0.3 is 11.9 Å². The number of carbonyl (C=O) groups excluding carboxylic acids is 1. The van der Waals surface area contributed by atoms with E-state index in [1.165, 1.54) is 0 Å². The van der Waals surface area contributed by atoms with Crippen molar-refractivity contribution < 1.29 is 22.4 Å². The number of hydrogen-bond acceptors (Lipinski definition) is 5. The zero-order valence-electron chi connectivity index (χ0n) is 15.3. The summed E-state index contributed by atoms with van der Waals surface area (Å²) >= 11 is 0.944. The van der Waals surface area contributed by atoms with Crippen LogP contribution in [0.3, 0.4) is 0 Å². The second-order valence-electron chi connectivity index (χ2n) is 6.04. The summed E-state index contributed by atoms with van der Waals surface area (Å²) in [6.45, 7) is 1.84. The van der Waals surface area contributed by atoms with Crippen molar-refractivity contribution in [2.75, 3.05) is 0 Å². The molecule has 0 aliphatic heterocycles. The molecular weight excluding hydrogens is 414 g/mol. The third-order valence-corrected chi connectivity index (χ3v) is 5.27. The van der Waals surface area contributed by atoms with Crippen LogP contribution in [0.4, 0.5) is 17.6 Å². The molecule has 0 saturated carbocycles. The summed E-state index contributed by atoms with van der Waals surface area (Å²) in [6, 6.07) is 3.74. The lowest BCUT2D eigenvalue weighted by Crippen LogP contribution is -2.41. The zero-order chi connectivity index (χ0) is 21.9. The maximum Gasteiger partial charge on any atom is 0.431 e. The number of thioether (sulfide) groups is 1. The third kappa shape index (κ3) is 4.59. The number of aldehydes is 1. The van der Waals surface area contributed by atoms with E-state index in [4.69, 9.17) is 0 Å². The largest absolute Gasteiger partial charge is 0.431 e. The zero-order valence-corrected chi connectivity index (χ0v) is 16.1. The molecule has 0 aliphatic rings. The molecule has 1 aromatic heterocycles. The quantitative estimate of drug-likeness (QED) is 0.400. The lowest BCUT2D eigenvalue weighted by Gasteiger charge is -2.16. The number of carbonyl (C=O) groups is 1. The average molecular weight is 429 g/mol. The van der Waals surface area contributed by atoms with Gasteiger partial charge in [-0.15, -0.1) is 11.8 Å². The predicted octanol–water partition coefficient (Wildman–Crippen LogP) is 3.03. The molecule has 0 fully saturated rings. The Balaban J connectivity index is 2.74. The molecule has 0 amide bonds. The highest BCUT2D eigenvalue weighted by molar-refractivity contribution is 8.00. The van der Waals surface area contributed by atoms with Gasteiger partial charge in [0, 0.05) is 18.0 Å². The van der Waals surface area contributed by atoms with Crippen LogP contribution in [-0.2, 0) is 18.0 Å². The molecule has 1 heterocycles. The molecule has 29 heavy (non-hydrogen) atoms. The van der Waals surface area contributed by atoms with Crippen LogP contribution in [-0.4, -0.2) is 20.7 Å². The highest BCUT2D eigenvalue weighted by Crippen LogP contribution is 2.31. The summed E-state index contributed by atoms with van der Waals surface area (Å²) in [6.07, 6.45) is -3.17. The fourth-order valence-electron chi connectivity index (χ4n) is 2.62. The smallest absolute Gasteiger partial charge is 0.302 e. The third-order valence-electron chi connectivity index (χ3n) is 4.02. The number of aromatic nitrogens is 2. The fraction of sp³-hybridized carbons (Fsp3) is 0.333. The van der Waals surface area contributed by atoms with Crippen molar-refractivity contribution in [1.82, 2.24) is 9.13 Å². The number of alkyl halides is 3. The van der Waals surface area contributed by atoms with E-state index in [1.54, 1.807) is 6.07 Å². The molecule has 154 valence electrons. The minimum atomic E-state index is -4.95. The SMILES string of the molecule is CCCC(C=O)Sc1cc(-n2c(=O)cc(C(F)(F)F)n(C)c2=O)c(F)cc1C#N. The van der Waals surface area contributed by atoms with Crippen molar-refractivity contribution in [3.63, 3.8) is 0 Å². The molecule has 6 nitrogen and oxygen atoms in total. The first-order valence-electron chi connectivity index (χ1n) is 8.31. The highest BCUT2D eigenvalue weighted by atomic mass is 32.2. The standard InChI is InChI=1S/C18H15F4N3O3S/c1-3-4-11(9-26)29-14-6-13(12(19)5-10(14)8-23)25-16(27)7-15(18(20,21)22)24(2)17(25)28/h5-7,9,11H,3-4H2,1-2H3. The second-order valence-corrected chi connectivity index (χ2v) is 7.32. The first-order chi connectivity index (χ1) is 13.5. The maximum atomic E-state index is 14.5. The molecule has 0 bridgehead atoms. The lowest BCUT2D eigenvalue weighted by molar-refractivity contribution is -0.144. The topological polar surface area (TPSA) is 84.9 Å². The minimum absolute atomic E-state index is 0.128. The normalized spacial score (nSPS) is 12.4.